The van der Waals surface area contributed by atoms with E-state index in [0.717, 1.165) is 12.8 Å². The molecule has 4 nitrogen and oxygen atoms in total. The van der Waals surface area contributed by atoms with E-state index in [0.29, 0.717) is 22.9 Å². The lowest BCUT2D eigenvalue weighted by Crippen LogP contribution is -2.08. The molecule has 1 aromatic carbocycles. The van der Waals surface area contributed by atoms with E-state index in [1.807, 2.05) is 12.1 Å². The SMILES string of the molecule is COc1cc(Cl)ccc1C(=O)OCCCc1ccncc1. The third-order valence-electron chi connectivity index (χ3n) is 2.98. The zero-order valence-electron chi connectivity index (χ0n) is 11.7. The molecule has 0 bridgehead atoms. The van der Waals surface area contributed by atoms with E-state index < -0.39 is 5.97 Å². The van der Waals surface area contributed by atoms with E-state index in [9.17, 15) is 4.79 Å². The number of methoxy groups -OCH3 is 1. The Hall–Kier alpha value is -2.07. The highest BCUT2D eigenvalue weighted by atomic mass is 35.5. The largest absolute Gasteiger partial charge is 0.496 e. The first kappa shape index (κ1) is 15.3. The normalized spacial score (nSPS) is 10.2. The molecule has 110 valence electrons. The zero-order valence-corrected chi connectivity index (χ0v) is 12.5. The number of halogens is 1. The molecule has 0 aliphatic carbocycles. The van der Waals surface area contributed by atoms with Gasteiger partial charge in [-0.15, -0.1) is 0 Å². The number of nitrogens with zero attached hydrogens (tertiary/aromatic N) is 1. The number of benzene rings is 1. The third kappa shape index (κ3) is 4.46. The maximum atomic E-state index is 12.0. The number of aromatic nitrogens is 1. The van der Waals surface area contributed by atoms with Crippen molar-refractivity contribution in [3.63, 3.8) is 0 Å². The molecule has 0 radical (unpaired) electrons. The molecule has 0 unspecified atom stereocenters. The average molecular weight is 306 g/mol. The van der Waals surface area contributed by atoms with Crippen LogP contribution in [0.2, 0.25) is 5.02 Å². The fraction of sp³-hybridized carbons (Fsp3) is 0.250. The first-order valence-electron chi connectivity index (χ1n) is 6.60. The number of hydrogen-bond acceptors (Lipinski definition) is 4. The third-order valence-corrected chi connectivity index (χ3v) is 3.21. The van der Waals surface area contributed by atoms with Gasteiger partial charge < -0.3 is 9.47 Å². The van der Waals surface area contributed by atoms with Gasteiger partial charge in [0.15, 0.2) is 0 Å². The van der Waals surface area contributed by atoms with Crippen LogP contribution in [0.25, 0.3) is 0 Å². The molecular formula is C16H16ClNO3. The lowest BCUT2D eigenvalue weighted by atomic mass is 10.1. The van der Waals surface area contributed by atoms with Gasteiger partial charge in [0.25, 0.3) is 0 Å². The first-order chi connectivity index (χ1) is 10.2. The molecule has 0 aliphatic rings. The fourth-order valence-corrected chi connectivity index (χ4v) is 2.06. The Bertz CT molecular complexity index is 602. The van der Waals surface area contributed by atoms with Crippen LogP contribution in [0, 0.1) is 0 Å². The fourth-order valence-electron chi connectivity index (χ4n) is 1.90. The smallest absolute Gasteiger partial charge is 0.341 e. The van der Waals surface area contributed by atoms with E-state index in [1.54, 1.807) is 30.6 Å². The lowest BCUT2D eigenvalue weighted by Gasteiger charge is -2.09. The van der Waals surface area contributed by atoms with Gasteiger partial charge in [-0.2, -0.15) is 0 Å². The summed E-state index contributed by atoms with van der Waals surface area (Å²) in [5.41, 5.74) is 1.55. The van der Waals surface area contributed by atoms with Crippen molar-refractivity contribution in [2.75, 3.05) is 13.7 Å². The minimum absolute atomic E-state index is 0.354. The van der Waals surface area contributed by atoms with Gasteiger partial charge in [-0.3, -0.25) is 4.98 Å². The maximum absolute atomic E-state index is 12.0. The van der Waals surface area contributed by atoms with Gasteiger partial charge in [-0.05, 0) is 48.7 Å². The quantitative estimate of drug-likeness (QED) is 0.605. The van der Waals surface area contributed by atoms with Crippen molar-refractivity contribution in [2.45, 2.75) is 12.8 Å². The van der Waals surface area contributed by atoms with Crippen LogP contribution in [0.15, 0.2) is 42.7 Å². The number of carbonyl (C=O) groups excluding carboxylic acids is 1. The second-order valence-electron chi connectivity index (χ2n) is 4.44. The second-order valence-corrected chi connectivity index (χ2v) is 4.88. The summed E-state index contributed by atoms with van der Waals surface area (Å²) in [5, 5.41) is 0.515. The molecular weight excluding hydrogens is 290 g/mol. The van der Waals surface area contributed by atoms with Crippen molar-refractivity contribution in [1.29, 1.82) is 0 Å². The number of pyridine rings is 1. The van der Waals surface area contributed by atoms with Crippen LogP contribution in [-0.2, 0) is 11.2 Å². The van der Waals surface area contributed by atoms with Crippen molar-refractivity contribution >= 4 is 17.6 Å². The number of rotatable bonds is 6. The van der Waals surface area contributed by atoms with Crippen LogP contribution in [0.1, 0.15) is 22.3 Å². The highest BCUT2D eigenvalue weighted by molar-refractivity contribution is 6.30. The molecule has 0 amide bonds. The minimum Gasteiger partial charge on any atom is -0.496 e. The molecule has 0 saturated carbocycles. The summed E-state index contributed by atoms with van der Waals surface area (Å²) in [7, 11) is 1.49. The topological polar surface area (TPSA) is 48.4 Å². The zero-order chi connectivity index (χ0) is 15.1. The van der Waals surface area contributed by atoms with Gasteiger partial charge in [-0.1, -0.05) is 11.6 Å². The highest BCUT2D eigenvalue weighted by Crippen LogP contribution is 2.23. The number of aryl methyl sites for hydroxylation is 1. The summed E-state index contributed by atoms with van der Waals surface area (Å²) in [4.78, 5) is 15.9. The van der Waals surface area contributed by atoms with Gasteiger partial charge in [-0.25, -0.2) is 4.79 Å². The lowest BCUT2D eigenvalue weighted by molar-refractivity contribution is 0.0497. The molecule has 0 fully saturated rings. The molecule has 0 saturated heterocycles. The minimum atomic E-state index is -0.404. The number of esters is 1. The molecule has 1 heterocycles. The van der Waals surface area contributed by atoms with Crippen LogP contribution in [0.5, 0.6) is 5.75 Å². The molecule has 0 spiro atoms. The summed E-state index contributed by atoms with van der Waals surface area (Å²) < 4.78 is 10.4. The van der Waals surface area contributed by atoms with Crippen molar-refractivity contribution in [3.8, 4) is 5.75 Å². The predicted octanol–water partition coefficient (Wildman–Crippen LogP) is 3.53. The van der Waals surface area contributed by atoms with Crippen LogP contribution in [0.3, 0.4) is 0 Å². The van der Waals surface area contributed by atoms with Crippen molar-refractivity contribution in [2.24, 2.45) is 0 Å². The van der Waals surface area contributed by atoms with E-state index in [1.165, 1.54) is 12.7 Å². The van der Waals surface area contributed by atoms with Gasteiger partial charge in [0, 0.05) is 17.4 Å². The standard InChI is InChI=1S/C16H16ClNO3/c1-20-15-11-13(17)4-5-14(15)16(19)21-10-2-3-12-6-8-18-9-7-12/h4-9,11H,2-3,10H2,1H3. The maximum Gasteiger partial charge on any atom is 0.341 e. The molecule has 5 heteroatoms. The van der Waals surface area contributed by atoms with E-state index in [-0.39, 0.29) is 0 Å². The molecule has 2 aromatic rings. The molecule has 2 rings (SSSR count). The van der Waals surface area contributed by atoms with E-state index >= 15 is 0 Å². The molecule has 21 heavy (non-hydrogen) atoms. The van der Waals surface area contributed by atoms with Crippen LogP contribution < -0.4 is 4.74 Å². The Morgan fingerprint density at radius 3 is 2.71 bits per heavy atom. The van der Waals surface area contributed by atoms with Crippen LogP contribution in [0.4, 0.5) is 0 Å². The molecule has 0 N–H and O–H groups in total. The number of hydrogen-bond donors (Lipinski definition) is 0. The Balaban J connectivity index is 1.85. The summed E-state index contributed by atoms with van der Waals surface area (Å²) in [6, 6.07) is 8.73. The average Bonchev–Trinajstić information content (AvgIpc) is 2.52. The highest BCUT2D eigenvalue weighted by Gasteiger charge is 2.13. The summed E-state index contributed by atoms with van der Waals surface area (Å²) in [6.45, 7) is 0.354. The van der Waals surface area contributed by atoms with Gasteiger partial charge >= 0.3 is 5.97 Å². The van der Waals surface area contributed by atoms with Gasteiger partial charge in [0.05, 0.1) is 13.7 Å². The Kier molecular flexibility index (Phi) is 5.58. The van der Waals surface area contributed by atoms with Crippen molar-refractivity contribution < 1.29 is 14.3 Å². The number of ether oxygens (including phenoxy) is 2. The summed E-state index contributed by atoms with van der Waals surface area (Å²) in [6.07, 6.45) is 5.10. The predicted molar refractivity (Wildman–Crippen MR) is 80.8 cm³/mol. The van der Waals surface area contributed by atoms with Crippen LogP contribution >= 0.6 is 11.6 Å². The van der Waals surface area contributed by atoms with E-state index in [2.05, 4.69) is 4.98 Å². The van der Waals surface area contributed by atoms with E-state index in [4.69, 9.17) is 21.1 Å². The Labute approximate surface area is 128 Å². The van der Waals surface area contributed by atoms with Crippen molar-refractivity contribution in [1.82, 2.24) is 4.98 Å². The monoisotopic (exact) mass is 305 g/mol. The Morgan fingerprint density at radius 2 is 2.00 bits per heavy atom. The van der Waals surface area contributed by atoms with Gasteiger partial charge in [0.1, 0.15) is 11.3 Å². The molecule has 1 aromatic heterocycles. The van der Waals surface area contributed by atoms with Crippen molar-refractivity contribution in [3.05, 3.63) is 58.9 Å². The van der Waals surface area contributed by atoms with Crippen LogP contribution in [-0.4, -0.2) is 24.7 Å². The second kappa shape index (κ2) is 7.64. The molecule has 0 aliphatic heterocycles. The summed E-state index contributed by atoms with van der Waals surface area (Å²) in [5.74, 6) is 0.0138. The molecule has 0 atom stereocenters. The first-order valence-corrected chi connectivity index (χ1v) is 6.98. The Morgan fingerprint density at radius 1 is 1.24 bits per heavy atom. The summed E-state index contributed by atoms with van der Waals surface area (Å²) >= 11 is 5.86. The van der Waals surface area contributed by atoms with Gasteiger partial charge in [0.2, 0.25) is 0 Å². The number of carbonyl (C=O) groups is 1.